The van der Waals surface area contributed by atoms with Crippen molar-refractivity contribution < 1.29 is 8.42 Å². The van der Waals surface area contributed by atoms with Gasteiger partial charge in [-0.1, -0.05) is 78.9 Å². The van der Waals surface area contributed by atoms with E-state index in [0.717, 1.165) is 16.0 Å². The number of rotatable bonds is 2. The monoisotopic (exact) mass is 352 g/mol. The van der Waals surface area contributed by atoms with Gasteiger partial charge in [-0.3, -0.25) is 8.42 Å². The van der Waals surface area contributed by atoms with Crippen LogP contribution in [0.2, 0.25) is 0 Å². The smallest absolute Gasteiger partial charge is 0.0968 e. The van der Waals surface area contributed by atoms with Crippen LogP contribution in [0, 0.1) is 5.92 Å². The van der Waals surface area contributed by atoms with Crippen LogP contribution < -0.4 is 0 Å². The van der Waals surface area contributed by atoms with Crippen LogP contribution in [0.15, 0.2) is 78.9 Å². The van der Waals surface area contributed by atoms with Crippen LogP contribution in [-0.2, 0) is 26.3 Å². The van der Waals surface area contributed by atoms with E-state index in [4.69, 9.17) is 0 Å². The minimum absolute atomic E-state index is 0.0340. The fourth-order valence-corrected chi connectivity index (χ4v) is 8.97. The van der Waals surface area contributed by atoms with Crippen LogP contribution >= 0.6 is 0 Å². The molecular formula is C20H16O2S2. The lowest BCUT2D eigenvalue weighted by Gasteiger charge is -2.29. The second-order valence-electron chi connectivity index (χ2n) is 6.47. The molecule has 0 saturated carbocycles. The zero-order chi connectivity index (χ0) is 16.3. The highest BCUT2D eigenvalue weighted by Crippen LogP contribution is 2.59. The lowest BCUT2D eigenvalue weighted by atomic mass is 9.79. The van der Waals surface area contributed by atoms with Gasteiger partial charge in [0.15, 0.2) is 0 Å². The number of fused-ring (bicyclic) bond motifs is 5. The van der Waals surface area contributed by atoms with E-state index in [-0.39, 0.29) is 16.4 Å². The van der Waals surface area contributed by atoms with Gasteiger partial charge in [-0.05, 0) is 11.1 Å². The highest BCUT2D eigenvalue weighted by atomic mass is 32.2. The molecule has 2 aromatic rings. The molecule has 0 aromatic heterocycles. The van der Waals surface area contributed by atoms with Gasteiger partial charge in [0.25, 0.3) is 0 Å². The first-order valence-electron chi connectivity index (χ1n) is 8.07. The van der Waals surface area contributed by atoms with Crippen LogP contribution in [-0.4, -0.2) is 18.9 Å². The molecule has 120 valence electrons. The van der Waals surface area contributed by atoms with E-state index in [0.29, 0.717) is 0 Å². The Labute approximate surface area is 146 Å². The molecule has 2 aromatic carbocycles. The Hall–Kier alpha value is -1.78. The number of hydrogen-bond acceptors (Lipinski definition) is 2. The van der Waals surface area contributed by atoms with Crippen molar-refractivity contribution in [3.63, 3.8) is 0 Å². The molecule has 5 rings (SSSR count). The summed E-state index contributed by atoms with van der Waals surface area (Å²) in [5.74, 6) is 0.0340. The summed E-state index contributed by atoms with van der Waals surface area (Å²) in [5.41, 5.74) is 2.08. The van der Waals surface area contributed by atoms with Gasteiger partial charge in [-0.2, -0.15) is 0 Å². The maximum atomic E-state index is 13.2. The normalized spacial score (nSPS) is 39.0. The molecule has 1 saturated heterocycles. The Kier molecular flexibility index (Phi) is 3.10. The Morgan fingerprint density at radius 2 is 1.54 bits per heavy atom. The van der Waals surface area contributed by atoms with E-state index in [2.05, 4.69) is 12.2 Å². The third-order valence-electron chi connectivity index (χ3n) is 5.36. The highest BCUT2D eigenvalue weighted by molar-refractivity contribution is 7.97. The standard InChI is InChI=1S/C20H16O2S2/c21-23-18(14-7-3-1-4-8-14)13-16-19(23)17-11-12-20(16,24(17)22)15-9-5-2-6-10-15/h1-13,16-17,19H/t16-,17+,19+,20+,23?,24?/m0/s1. The molecule has 0 amide bonds. The summed E-state index contributed by atoms with van der Waals surface area (Å²) in [4.78, 5) is 0.899. The van der Waals surface area contributed by atoms with Crippen LogP contribution in [0.5, 0.6) is 0 Å². The molecule has 24 heavy (non-hydrogen) atoms. The molecule has 0 N–H and O–H groups in total. The molecule has 6 atom stereocenters. The van der Waals surface area contributed by atoms with E-state index < -0.39 is 26.3 Å². The molecule has 0 aliphatic carbocycles. The third kappa shape index (κ3) is 1.70. The van der Waals surface area contributed by atoms with Crippen LogP contribution in [0.1, 0.15) is 11.1 Å². The van der Waals surface area contributed by atoms with Crippen LogP contribution in [0.4, 0.5) is 0 Å². The summed E-state index contributed by atoms with van der Waals surface area (Å²) in [7, 11) is -2.18. The average molecular weight is 352 g/mol. The van der Waals surface area contributed by atoms with E-state index in [9.17, 15) is 8.42 Å². The van der Waals surface area contributed by atoms with Crippen molar-refractivity contribution in [3.8, 4) is 0 Å². The van der Waals surface area contributed by atoms with Gasteiger partial charge in [0.1, 0.15) is 0 Å². The average Bonchev–Trinajstić information content (AvgIpc) is 3.23. The molecule has 0 radical (unpaired) electrons. The van der Waals surface area contributed by atoms with Gasteiger partial charge < -0.3 is 0 Å². The Balaban J connectivity index is 1.69. The topological polar surface area (TPSA) is 34.1 Å². The maximum Gasteiger partial charge on any atom is 0.0968 e. The van der Waals surface area contributed by atoms with Gasteiger partial charge in [-0.15, -0.1) is 0 Å². The number of allylic oxidation sites excluding steroid dienone is 1. The fourth-order valence-electron chi connectivity index (χ4n) is 4.29. The van der Waals surface area contributed by atoms with Gasteiger partial charge in [0.05, 0.1) is 26.0 Å². The third-order valence-corrected chi connectivity index (χ3v) is 9.68. The lowest BCUT2D eigenvalue weighted by Crippen LogP contribution is -2.34. The molecule has 2 unspecified atom stereocenters. The van der Waals surface area contributed by atoms with Crippen molar-refractivity contribution >= 4 is 26.5 Å². The van der Waals surface area contributed by atoms with E-state index in [1.165, 1.54) is 0 Å². The summed E-state index contributed by atoms with van der Waals surface area (Å²) in [6.07, 6.45) is 6.26. The summed E-state index contributed by atoms with van der Waals surface area (Å²) >= 11 is 0. The summed E-state index contributed by atoms with van der Waals surface area (Å²) in [5, 5.41) is -0.195. The second kappa shape index (κ2) is 5.11. The lowest BCUT2D eigenvalue weighted by molar-refractivity contribution is 0.531. The molecule has 3 aliphatic rings. The minimum Gasteiger partial charge on any atom is -0.258 e. The molecule has 0 spiro atoms. The molecule has 4 heteroatoms. The minimum atomic E-state index is -1.12. The van der Waals surface area contributed by atoms with Crippen LogP contribution in [0.3, 0.4) is 0 Å². The first-order valence-corrected chi connectivity index (χ1v) is 10.5. The zero-order valence-electron chi connectivity index (χ0n) is 12.9. The summed E-state index contributed by atoms with van der Waals surface area (Å²) < 4.78 is 25.8. The Morgan fingerprint density at radius 3 is 2.25 bits per heavy atom. The second-order valence-corrected chi connectivity index (χ2v) is 9.86. The van der Waals surface area contributed by atoms with Crippen molar-refractivity contribution in [1.82, 2.24) is 0 Å². The SMILES string of the molecule is O=S1C(c2ccccc2)=C[C@H]2[C@@H]1[C@H]1C=C[C@]2(c2ccccc2)S1=O. The Morgan fingerprint density at radius 1 is 0.875 bits per heavy atom. The van der Waals surface area contributed by atoms with Gasteiger partial charge in [0, 0.05) is 21.6 Å². The van der Waals surface area contributed by atoms with Gasteiger partial charge in [0.2, 0.25) is 0 Å². The molecular weight excluding hydrogens is 336 g/mol. The molecule has 3 aliphatic heterocycles. The van der Waals surface area contributed by atoms with Crippen molar-refractivity contribution in [2.24, 2.45) is 5.92 Å². The largest absolute Gasteiger partial charge is 0.258 e. The number of hydrogen-bond donors (Lipinski definition) is 0. The van der Waals surface area contributed by atoms with Crippen LogP contribution in [0.25, 0.3) is 4.91 Å². The zero-order valence-corrected chi connectivity index (χ0v) is 14.5. The van der Waals surface area contributed by atoms with Gasteiger partial charge in [-0.25, -0.2) is 0 Å². The van der Waals surface area contributed by atoms with Gasteiger partial charge >= 0.3 is 0 Å². The number of benzene rings is 2. The summed E-state index contributed by atoms with van der Waals surface area (Å²) in [6.45, 7) is 0. The molecule has 2 bridgehead atoms. The molecule has 2 nitrogen and oxygen atoms in total. The summed E-state index contributed by atoms with van der Waals surface area (Å²) in [6, 6.07) is 20.0. The first-order chi connectivity index (χ1) is 11.7. The predicted molar refractivity (Wildman–Crippen MR) is 99.0 cm³/mol. The van der Waals surface area contributed by atoms with Crippen molar-refractivity contribution in [1.29, 1.82) is 0 Å². The predicted octanol–water partition coefficient (Wildman–Crippen LogP) is 3.37. The maximum absolute atomic E-state index is 13.2. The van der Waals surface area contributed by atoms with E-state index in [1.807, 2.05) is 66.7 Å². The molecule has 3 heterocycles. The fraction of sp³-hybridized carbons (Fsp3) is 0.200. The highest BCUT2D eigenvalue weighted by Gasteiger charge is 2.65. The molecule has 1 fully saturated rings. The quantitative estimate of drug-likeness (QED) is 0.777. The van der Waals surface area contributed by atoms with Crippen molar-refractivity contribution in [2.45, 2.75) is 15.2 Å². The van der Waals surface area contributed by atoms with Crippen molar-refractivity contribution in [2.75, 3.05) is 0 Å². The van der Waals surface area contributed by atoms with Crippen molar-refractivity contribution in [3.05, 3.63) is 90.0 Å². The van der Waals surface area contributed by atoms with E-state index >= 15 is 0 Å². The Bertz CT molecular complexity index is 917. The first kappa shape index (κ1) is 14.6. The van der Waals surface area contributed by atoms with E-state index in [1.54, 1.807) is 0 Å².